The van der Waals surface area contributed by atoms with Crippen LogP contribution in [0.5, 0.6) is 0 Å². The summed E-state index contributed by atoms with van der Waals surface area (Å²) in [6.45, 7) is 0. The third-order valence-corrected chi connectivity index (χ3v) is 3.75. The lowest BCUT2D eigenvalue weighted by Crippen LogP contribution is -2.21. The van der Waals surface area contributed by atoms with Gasteiger partial charge in [-0.15, -0.1) is 12.4 Å². The Labute approximate surface area is 140 Å². The molecule has 0 radical (unpaired) electrons. The van der Waals surface area contributed by atoms with Crippen molar-refractivity contribution < 1.29 is 0 Å². The lowest BCUT2D eigenvalue weighted by Gasteiger charge is -2.24. The second-order valence-electron chi connectivity index (χ2n) is 4.91. The number of amidine groups is 1. The van der Waals surface area contributed by atoms with Crippen LogP contribution >= 0.6 is 24.0 Å². The van der Waals surface area contributed by atoms with E-state index in [2.05, 4.69) is 17.2 Å². The van der Waals surface area contributed by atoms with Crippen molar-refractivity contribution in [3.63, 3.8) is 0 Å². The van der Waals surface area contributed by atoms with E-state index in [9.17, 15) is 0 Å². The van der Waals surface area contributed by atoms with Gasteiger partial charge >= 0.3 is 0 Å². The first-order valence-electron chi connectivity index (χ1n) is 6.67. The molecule has 1 aliphatic rings. The number of nitrogens with one attached hydrogen (secondary N) is 1. The molecule has 3 rings (SSSR count). The summed E-state index contributed by atoms with van der Waals surface area (Å²) in [5.74, 6) is 0.0207. The van der Waals surface area contributed by atoms with Crippen molar-refractivity contribution in [2.75, 3.05) is 5.01 Å². The molecule has 1 aliphatic heterocycles. The summed E-state index contributed by atoms with van der Waals surface area (Å²) in [6, 6.07) is 17.7. The first kappa shape index (κ1) is 16.3. The first-order chi connectivity index (χ1) is 10.1. The smallest absolute Gasteiger partial charge is 0.139 e. The quantitative estimate of drug-likeness (QED) is 0.658. The minimum absolute atomic E-state index is 0. The van der Waals surface area contributed by atoms with Gasteiger partial charge in [0.15, 0.2) is 0 Å². The molecule has 0 amide bonds. The number of anilines is 1. The van der Waals surface area contributed by atoms with Gasteiger partial charge in [0.2, 0.25) is 0 Å². The van der Waals surface area contributed by atoms with Crippen LogP contribution in [0.2, 0.25) is 5.02 Å². The van der Waals surface area contributed by atoms with E-state index in [1.54, 1.807) is 0 Å². The number of nitrogens with zero attached hydrogens (tertiary/aromatic N) is 2. The van der Waals surface area contributed by atoms with Crippen molar-refractivity contribution in [3.05, 3.63) is 65.2 Å². The average Bonchev–Trinajstić information content (AvgIpc) is 2.94. The molecule has 3 N–H and O–H groups in total. The number of nitrogens with two attached hydrogens (primary N) is 1. The van der Waals surface area contributed by atoms with E-state index in [1.165, 1.54) is 0 Å². The summed E-state index contributed by atoms with van der Waals surface area (Å²) in [5.41, 5.74) is 8.30. The van der Waals surface area contributed by atoms with Gasteiger partial charge in [-0.1, -0.05) is 41.9 Å². The summed E-state index contributed by atoms with van der Waals surface area (Å²) in [4.78, 5) is 0. The molecule has 4 nitrogen and oxygen atoms in total. The van der Waals surface area contributed by atoms with Crippen molar-refractivity contribution in [2.24, 2.45) is 10.8 Å². The second kappa shape index (κ2) is 6.81. The van der Waals surface area contributed by atoms with E-state index < -0.39 is 0 Å². The van der Waals surface area contributed by atoms with Crippen molar-refractivity contribution in [1.29, 1.82) is 5.41 Å². The molecule has 22 heavy (non-hydrogen) atoms. The van der Waals surface area contributed by atoms with E-state index in [-0.39, 0.29) is 24.3 Å². The molecule has 1 unspecified atom stereocenters. The SMILES string of the molecule is Cl.N=C(N)C1=NN(c2ccc(Cl)cc2)C(c2ccccc2)C1. The highest BCUT2D eigenvalue weighted by Crippen LogP contribution is 2.35. The normalized spacial score (nSPS) is 16.9. The van der Waals surface area contributed by atoms with Gasteiger partial charge in [0.05, 0.1) is 11.7 Å². The molecule has 0 aromatic heterocycles. The highest BCUT2D eigenvalue weighted by Gasteiger charge is 2.30. The van der Waals surface area contributed by atoms with Gasteiger partial charge in [0.25, 0.3) is 0 Å². The van der Waals surface area contributed by atoms with Crippen LogP contribution in [0.1, 0.15) is 18.0 Å². The number of benzene rings is 2. The predicted octanol–water partition coefficient (Wildman–Crippen LogP) is 4.01. The molecule has 1 atom stereocenters. The molecule has 0 bridgehead atoms. The van der Waals surface area contributed by atoms with Gasteiger partial charge in [0, 0.05) is 11.4 Å². The first-order valence-corrected chi connectivity index (χ1v) is 7.04. The minimum atomic E-state index is 0. The lowest BCUT2D eigenvalue weighted by atomic mass is 10.0. The van der Waals surface area contributed by atoms with Crippen LogP contribution in [0.15, 0.2) is 59.7 Å². The third kappa shape index (κ3) is 3.24. The maximum Gasteiger partial charge on any atom is 0.139 e. The molecule has 6 heteroatoms. The van der Waals surface area contributed by atoms with E-state index >= 15 is 0 Å². The fourth-order valence-corrected chi connectivity index (χ4v) is 2.57. The predicted molar refractivity (Wildman–Crippen MR) is 94.3 cm³/mol. The molecule has 0 spiro atoms. The Hall–Kier alpha value is -2.04. The zero-order chi connectivity index (χ0) is 14.8. The van der Waals surface area contributed by atoms with Gasteiger partial charge in [-0.25, -0.2) is 0 Å². The summed E-state index contributed by atoms with van der Waals surface area (Å²) < 4.78 is 0. The molecule has 0 saturated carbocycles. The van der Waals surface area contributed by atoms with Gasteiger partial charge in [-0.3, -0.25) is 10.4 Å². The van der Waals surface area contributed by atoms with E-state index in [1.807, 2.05) is 47.5 Å². The molecule has 2 aromatic carbocycles. The summed E-state index contributed by atoms with van der Waals surface area (Å²) in [6.07, 6.45) is 0.627. The summed E-state index contributed by atoms with van der Waals surface area (Å²) in [5, 5.41) is 14.7. The van der Waals surface area contributed by atoms with Crippen LogP contribution in [0.3, 0.4) is 0 Å². The van der Waals surface area contributed by atoms with Crippen molar-refractivity contribution in [3.8, 4) is 0 Å². The zero-order valence-corrected chi connectivity index (χ0v) is 13.3. The van der Waals surface area contributed by atoms with Gasteiger partial charge in [0.1, 0.15) is 11.5 Å². The molecule has 0 aliphatic carbocycles. The molecule has 114 valence electrons. The number of halogens is 2. The molecular formula is C16H16Cl2N4. The lowest BCUT2D eigenvalue weighted by molar-refractivity contribution is 0.709. The van der Waals surface area contributed by atoms with Crippen LogP contribution in [0.25, 0.3) is 0 Å². The molecule has 1 heterocycles. The van der Waals surface area contributed by atoms with E-state index in [4.69, 9.17) is 22.7 Å². The summed E-state index contributed by atoms with van der Waals surface area (Å²) >= 11 is 5.94. The van der Waals surface area contributed by atoms with Crippen LogP contribution in [0.4, 0.5) is 5.69 Å². The standard InChI is InChI=1S/C16H15ClN4.ClH/c17-12-6-8-13(9-7-12)21-15(10-14(20-21)16(18)19)11-4-2-1-3-5-11;/h1-9,15H,10H2,(H3,18,19);1H. The largest absolute Gasteiger partial charge is 0.383 e. The molecule has 0 fully saturated rings. The molecule has 0 saturated heterocycles. The average molecular weight is 335 g/mol. The van der Waals surface area contributed by atoms with E-state index in [0.29, 0.717) is 17.2 Å². The van der Waals surface area contributed by atoms with Crippen molar-refractivity contribution in [1.82, 2.24) is 0 Å². The van der Waals surface area contributed by atoms with Crippen LogP contribution in [0, 0.1) is 5.41 Å². The Kier molecular flexibility index (Phi) is 5.06. The van der Waals surface area contributed by atoms with Crippen molar-refractivity contribution in [2.45, 2.75) is 12.5 Å². The monoisotopic (exact) mass is 334 g/mol. The third-order valence-electron chi connectivity index (χ3n) is 3.50. The van der Waals surface area contributed by atoms with E-state index in [0.717, 1.165) is 11.3 Å². The van der Waals surface area contributed by atoms with Gasteiger partial charge in [-0.2, -0.15) is 5.10 Å². The highest BCUT2D eigenvalue weighted by molar-refractivity contribution is 6.40. The number of hydrogen-bond acceptors (Lipinski definition) is 3. The van der Waals surface area contributed by atoms with Crippen LogP contribution in [-0.2, 0) is 0 Å². The Balaban J connectivity index is 0.00000176. The Bertz CT molecular complexity index is 683. The van der Waals surface area contributed by atoms with Gasteiger partial charge < -0.3 is 5.73 Å². The van der Waals surface area contributed by atoms with Crippen molar-refractivity contribution >= 4 is 41.2 Å². The highest BCUT2D eigenvalue weighted by atomic mass is 35.5. The Morgan fingerprint density at radius 3 is 2.36 bits per heavy atom. The topological polar surface area (TPSA) is 65.5 Å². The fourth-order valence-electron chi connectivity index (χ4n) is 2.44. The summed E-state index contributed by atoms with van der Waals surface area (Å²) in [7, 11) is 0. The number of rotatable bonds is 3. The Morgan fingerprint density at radius 2 is 1.77 bits per heavy atom. The number of hydrazone groups is 1. The van der Waals surface area contributed by atoms with Gasteiger partial charge in [-0.05, 0) is 29.8 Å². The molecular weight excluding hydrogens is 319 g/mol. The maximum absolute atomic E-state index is 7.63. The fraction of sp³-hybridized carbons (Fsp3) is 0.125. The zero-order valence-electron chi connectivity index (χ0n) is 11.7. The van der Waals surface area contributed by atoms with Crippen LogP contribution < -0.4 is 10.7 Å². The van der Waals surface area contributed by atoms with Crippen LogP contribution in [-0.4, -0.2) is 11.5 Å². The minimum Gasteiger partial charge on any atom is -0.383 e. The molecule has 2 aromatic rings. The Morgan fingerprint density at radius 1 is 1.14 bits per heavy atom. The second-order valence-corrected chi connectivity index (χ2v) is 5.35. The maximum atomic E-state index is 7.63. The number of hydrogen-bond donors (Lipinski definition) is 2.